The van der Waals surface area contributed by atoms with E-state index in [4.69, 9.17) is 9.84 Å². The fraction of sp³-hybridized carbons (Fsp3) is 0.375. The largest absolute Gasteiger partial charge is 0.496 e. The number of aliphatic carboxylic acids is 1. The molecule has 2 N–H and O–H groups in total. The number of ether oxygens (including phenoxy) is 1. The van der Waals surface area contributed by atoms with Gasteiger partial charge in [0, 0.05) is 6.42 Å². The average Bonchev–Trinajstić information content (AvgIpc) is 2.49. The van der Waals surface area contributed by atoms with Gasteiger partial charge in [0.25, 0.3) is 0 Å². The van der Waals surface area contributed by atoms with Crippen LogP contribution in [-0.4, -0.2) is 30.1 Å². The maximum Gasteiger partial charge on any atom is 0.326 e. The predicted molar refractivity (Wildman–Crippen MR) is 80.3 cm³/mol. The third-order valence-electron chi connectivity index (χ3n) is 3.05. The van der Waals surface area contributed by atoms with Crippen LogP contribution in [0, 0.1) is 0 Å². The van der Waals surface area contributed by atoms with Gasteiger partial charge in [-0.1, -0.05) is 30.4 Å². The number of amides is 1. The lowest BCUT2D eigenvalue weighted by atomic mass is 10.1. The SMILES string of the molecule is C/C=C/CC(NC(=O)CCc1ccccc1OC)C(=O)O. The fourth-order valence-electron chi connectivity index (χ4n) is 1.92. The lowest BCUT2D eigenvalue weighted by molar-refractivity contribution is -0.141. The minimum absolute atomic E-state index is 0.222. The number of aryl methyl sites for hydroxylation is 1. The third kappa shape index (κ3) is 5.69. The quantitative estimate of drug-likeness (QED) is 0.720. The summed E-state index contributed by atoms with van der Waals surface area (Å²) < 4.78 is 5.22. The molecule has 1 rings (SSSR count). The van der Waals surface area contributed by atoms with Crippen molar-refractivity contribution in [3.8, 4) is 5.75 Å². The Kier molecular flexibility index (Phi) is 7.01. The Morgan fingerprint density at radius 2 is 2.10 bits per heavy atom. The topological polar surface area (TPSA) is 75.6 Å². The number of hydrogen-bond donors (Lipinski definition) is 2. The molecule has 0 heterocycles. The van der Waals surface area contributed by atoms with Crippen molar-refractivity contribution < 1.29 is 19.4 Å². The van der Waals surface area contributed by atoms with Crippen LogP contribution in [0.25, 0.3) is 0 Å². The summed E-state index contributed by atoms with van der Waals surface area (Å²) >= 11 is 0. The second kappa shape index (κ2) is 8.79. The summed E-state index contributed by atoms with van der Waals surface area (Å²) in [6, 6.07) is 6.58. The van der Waals surface area contributed by atoms with Crippen LogP contribution < -0.4 is 10.1 Å². The van der Waals surface area contributed by atoms with Gasteiger partial charge in [0.05, 0.1) is 7.11 Å². The van der Waals surface area contributed by atoms with Gasteiger partial charge in [0.1, 0.15) is 11.8 Å². The number of carbonyl (C=O) groups is 2. The zero-order valence-electron chi connectivity index (χ0n) is 12.3. The number of allylic oxidation sites excluding steroid dienone is 1. The molecular formula is C16H21NO4. The number of methoxy groups -OCH3 is 1. The van der Waals surface area contributed by atoms with Crippen molar-refractivity contribution in [1.82, 2.24) is 5.32 Å². The zero-order valence-corrected chi connectivity index (χ0v) is 12.3. The van der Waals surface area contributed by atoms with Crippen molar-refractivity contribution in [2.45, 2.75) is 32.2 Å². The standard InChI is InChI=1S/C16H21NO4/c1-3-4-8-13(16(19)20)17-15(18)11-10-12-7-5-6-9-14(12)21-2/h3-7,9,13H,8,10-11H2,1-2H3,(H,17,18)(H,19,20)/b4-3+. The first kappa shape index (κ1) is 16.8. The summed E-state index contributed by atoms with van der Waals surface area (Å²) in [6.07, 6.45) is 4.49. The number of carboxylic acids is 1. The van der Waals surface area contributed by atoms with Crippen LogP contribution in [0.1, 0.15) is 25.3 Å². The molecular weight excluding hydrogens is 270 g/mol. The molecule has 0 aliphatic heterocycles. The molecule has 0 bridgehead atoms. The number of carboxylic acid groups (broad SMARTS) is 1. The van der Waals surface area contributed by atoms with E-state index in [2.05, 4.69) is 5.32 Å². The average molecular weight is 291 g/mol. The van der Waals surface area contributed by atoms with Crippen LogP contribution in [0.15, 0.2) is 36.4 Å². The minimum atomic E-state index is -1.03. The van der Waals surface area contributed by atoms with Crippen LogP contribution in [0.5, 0.6) is 5.75 Å². The Morgan fingerprint density at radius 3 is 2.71 bits per heavy atom. The van der Waals surface area contributed by atoms with Crippen LogP contribution in [-0.2, 0) is 16.0 Å². The Balaban J connectivity index is 2.54. The van der Waals surface area contributed by atoms with Crippen LogP contribution in [0.2, 0.25) is 0 Å². The number of nitrogens with one attached hydrogen (secondary N) is 1. The van der Waals surface area contributed by atoms with E-state index in [1.807, 2.05) is 31.2 Å². The van der Waals surface area contributed by atoms with Crippen molar-refractivity contribution in [3.05, 3.63) is 42.0 Å². The lowest BCUT2D eigenvalue weighted by Crippen LogP contribution is -2.40. The van der Waals surface area contributed by atoms with Crippen molar-refractivity contribution >= 4 is 11.9 Å². The number of benzene rings is 1. The first-order valence-corrected chi connectivity index (χ1v) is 6.83. The van der Waals surface area contributed by atoms with Gasteiger partial charge in [-0.3, -0.25) is 4.79 Å². The molecule has 0 radical (unpaired) electrons. The molecule has 5 heteroatoms. The van der Waals surface area contributed by atoms with Gasteiger partial charge in [0.2, 0.25) is 5.91 Å². The third-order valence-corrected chi connectivity index (χ3v) is 3.05. The molecule has 5 nitrogen and oxygen atoms in total. The van der Waals surface area contributed by atoms with E-state index in [0.29, 0.717) is 6.42 Å². The van der Waals surface area contributed by atoms with Crippen molar-refractivity contribution in [1.29, 1.82) is 0 Å². The highest BCUT2D eigenvalue weighted by Gasteiger charge is 2.18. The highest BCUT2D eigenvalue weighted by atomic mass is 16.5. The predicted octanol–water partition coefficient (Wildman–Crippen LogP) is 2.16. The van der Waals surface area contributed by atoms with E-state index in [1.165, 1.54) is 0 Å². The summed E-state index contributed by atoms with van der Waals surface area (Å²) in [5.41, 5.74) is 0.926. The van der Waals surface area contributed by atoms with Gasteiger partial charge in [-0.2, -0.15) is 0 Å². The highest BCUT2D eigenvalue weighted by molar-refractivity contribution is 5.83. The van der Waals surface area contributed by atoms with E-state index < -0.39 is 12.0 Å². The number of rotatable bonds is 8. The monoisotopic (exact) mass is 291 g/mol. The number of carbonyl (C=O) groups excluding carboxylic acids is 1. The Morgan fingerprint density at radius 1 is 1.38 bits per heavy atom. The van der Waals surface area contributed by atoms with Gasteiger partial charge >= 0.3 is 5.97 Å². The second-order valence-electron chi connectivity index (χ2n) is 4.57. The van der Waals surface area contributed by atoms with Crippen molar-refractivity contribution in [3.63, 3.8) is 0 Å². The summed E-state index contributed by atoms with van der Waals surface area (Å²) in [7, 11) is 1.58. The molecule has 1 unspecified atom stereocenters. The number of para-hydroxylation sites is 1. The van der Waals surface area contributed by atoms with Crippen molar-refractivity contribution in [2.75, 3.05) is 7.11 Å². The molecule has 1 amide bonds. The van der Waals surface area contributed by atoms with Gasteiger partial charge in [-0.25, -0.2) is 4.79 Å². The smallest absolute Gasteiger partial charge is 0.326 e. The molecule has 21 heavy (non-hydrogen) atoms. The molecule has 114 valence electrons. The van der Waals surface area contributed by atoms with Gasteiger partial charge in [-0.05, 0) is 31.4 Å². The van der Waals surface area contributed by atoms with E-state index in [1.54, 1.807) is 19.3 Å². The van der Waals surface area contributed by atoms with E-state index in [0.717, 1.165) is 11.3 Å². The zero-order chi connectivity index (χ0) is 15.7. The highest BCUT2D eigenvalue weighted by Crippen LogP contribution is 2.18. The molecule has 0 aliphatic rings. The normalized spacial score (nSPS) is 12.1. The first-order valence-electron chi connectivity index (χ1n) is 6.83. The fourth-order valence-corrected chi connectivity index (χ4v) is 1.92. The van der Waals surface area contributed by atoms with Gasteiger partial charge in [0.15, 0.2) is 0 Å². The molecule has 1 aromatic carbocycles. The second-order valence-corrected chi connectivity index (χ2v) is 4.57. The molecule has 0 fully saturated rings. The van der Waals surface area contributed by atoms with E-state index in [9.17, 15) is 9.59 Å². The first-order chi connectivity index (χ1) is 10.1. The molecule has 0 spiro atoms. The van der Waals surface area contributed by atoms with Crippen LogP contribution in [0.3, 0.4) is 0 Å². The maximum atomic E-state index is 11.9. The van der Waals surface area contributed by atoms with Crippen LogP contribution in [0.4, 0.5) is 0 Å². The molecule has 0 saturated carbocycles. The maximum absolute atomic E-state index is 11.9. The molecule has 0 aliphatic carbocycles. The summed E-state index contributed by atoms with van der Waals surface area (Å²) in [4.78, 5) is 22.9. The Hall–Kier alpha value is -2.30. The summed E-state index contributed by atoms with van der Waals surface area (Å²) in [5, 5.41) is 11.6. The van der Waals surface area contributed by atoms with Crippen molar-refractivity contribution in [2.24, 2.45) is 0 Å². The number of hydrogen-bond acceptors (Lipinski definition) is 3. The summed E-state index contributed by atoms with van der Waals surface area (Å²) in [5.74, 6) is -0.578. The lowest BCUT2D eigenvalue weighted by Gasteiger charge is -2.13. The van der Waals surface area contributed by atoms with E-state index in [-0.39, 0.29) is 18.7 Å². The Labute approximate surface area is 124 Å². The minimum Gasteiger partial charge on any atom is -0.496 e. The molecule has 0 aromatic heterocycles. The molecule has 1 atom stereocenters. The Bertz CT molecular complexity index is 511. The molecule has 1 aromatic rings. The van der Waals surface area contributed by atoms with E-state index >= 15 is 0 Å². The van der Waals surface area contributed by atoms with Gasteiger partial charge < -0.3 is 15.2 Å². The molecule has 0 saturated heterocycles. The van der Waals surface area contributed by atoms with Crippen LogP contribution >= 0.6 is 0 Å². The summed E-state index contributed by atoms with van der Waals surface area (Å²) in [6.45, 7) is 1.81. The van der Waals surface area contributed by atoms with Gasteiger partial charge in [-0.15, -0.1) is 0 Å².